The largest absolute Gasteiger partial charge is 0.339 e. The molecule has 0 N–H and O–H groups in total. The Kier molecular flexibility index (Phi) is 5.22. The number of amides is 1. The molecular weight excluding hydrogens is 238 g/mol. The lowest BCUT2D eigenvalue weighted by molar-refractivity contribution is -0.137. The Morgan fingerprint density at radius 1 is 1.16 bits per heavy atom. The Labute approximate surface area is 117 Å². The molecule has 0 unspecified atom stereocenters. The van der Waals surface area contributed by atoms with Crippen LogP contribution in [0.2, 0.25) is 0 Å². The summed E-state index contributed by atoms with van der Waals surface area (Å²) >= 11 is 0. The molecule has 1 amide bonds. The molecule has 1 atom stereocenters. The highest BCUT2D eigenvalue weighted by atomic mass is 16.2. The molecule has 0 aliphatic carbocycles. The molecule has 2 aliphatic rings. The minimum absolute atomic E-state index is 0.169. The summed E-state index contributed by atoms with van der Waals surface area (Å²) in [5.41, 5.74) is 0. The van der Waals surface area contributed by atoms with E-state index in [4.69, 9.17) is 0 Å². The van der Waals surface area contributed by atoms with E-state index < -0.39 is 0 Å². The summed E-state index contributed by atoms with van der Waals surface area (Å²) in [6, 6.07) is 0.169. The van der Waals surface area contributed by atoms with Crippen LogP contribution in [0.25, 0.3) is 0 Å². The van der Waals surface area contributed by atoms with Gasteiger partial charge in [0.2, 0.25) is 5.91 Å². The zero-order valence-corrected chi connectivity index (χ0v) is 12.8. The number of nitrogens with zero attached hydrogens (tertiary/aromatic N) is 3. The second kappa shape index (κ2) is 6.71. The van der Waals surface area contributed by atoms with Crippen LogP contribution in [0.1, 0.15) is 33.1 Å². The Morgan fingerprint density at radius 2 is 1.84 bits per heavy atom. The first kappa shape index (κ1) is 14.8. The van der Waals surface area contributed by atoms with Gasteiger partial charge in [0.15, 0.2) is 0 Å². The standard InChI is InChI=1S/C15H29N3O/c1-13(2)6-8-17-7-4-5-14(17)15(19)18-11-9-16(3)10-12-18/h13-14H,4-12H2,1-3H3/t14-/m0/s1. The summed E-state index contributed by atoms with van der Waals surface area (Å²) < 4.78 is 0. The highest BCUT2D eigenvalue weighted by Gasteiger charge is 2.34. The monoisotopic (exact) mass is 267 g/mol. The van der Waals surface area contributed by atoms with E-state index in [0.29, 0.717) is 5.91 Å². The van der Waals surface area contributed by atoms with E-state index in [1.807, 2.05) is 0 Å². The van der Waals surface area contributed by atoms with Gasteiger partial charge >= 0.3 is 0 Å². The molecule has 2 heterocycles. The maximum Gasteiger partial charge on any atom is 0.240 e. The van der Waals surface area contributed by atoms with Crippen LogP contribution in [-0.4, -0.2) is 73.0 Å². The predicted octanol–water partition coefficient (Wildman–Crippen LogP) is 1.27. The molecule has 2 rings (SSSR count). The van der Waals surface area contributed by atoms with Crippen LogP contribution >= 0.6 is 0 Å². The molecule has 0 saturated carbocycles. The van der Waals surface area contributed by atoms with Gasteiger partial charge in [-0.1, -0.05) is 13.8 Å². The van der Waals surface area contributed by atoms with Crippen molar-refractivity contribution < 1.29 is 4.79 Å². The van der Waals surface area contributed by atoms with Crippen LogP contribution < -0.4 is 0 Å². The average Bonchev–Trinajstić information content (AvgIpc) is 2.84. The molecule has 4 nitrogen and oxygen atoms in total. The summed E-state index contributed by atoms with van der Waals surface area (Å²) in [7, 11) is 2.13. The van der Waals surface area contributed by atoms with Crippen molar-refractivity contribution in [2.45, 2.75) is 39.2 Å². The van der Waals surface area contributed by atoms with Gasteiger partial charge in [0.05, 0.1) is 6.04 Å². The van der Waals surface area contributed by atoms with Gasteiger partial charge in [-0.05, 0) is 45.3 Å². The van der Waals surface area contributed by atoms with Crippen molar-refractivity contribution in [3.05, 3.63) is 0 Å². The molecule has 0 bridgehead atoms. The first-order valence-electron chi connectivity index (χ1n) is 7.79. The highest BCUT2D eigenvalue weighted by molar-refractivity contribution is 5.82. The lowest BCUT2D eigenvalue weighted by Crippen LogP contribution is -2.53. The Balaban J connectivity index is 1.86. The van der Waals surface area contributed by atoms with E-state index in [0.717, 1.165) is 51.6 Å². The third kappa shape index (κ3) is 3.93. The van der Waals surface area contributed by atoms with Crippen molar-refractivity contribution in [2.75, 3.05) is 46.3 Å². The van der Waals surface area contributed by atoms with Crippen LogP contribution in [0.15, 0.2) is 0 Å². The number of hydrogen-bond donors (Lipinski definition) is 0. The molecule has 0 aromatic carbocycles. The number of likely N-dealkylation sites (N-methyl/N-ethyl adjacent to an activating group) is 1. The van der Waals surface area contributed by atoms with E-state index >= 15 is 0 Å². The van der Waals surface area contributed by atoms with Crippen LogP contribution in [0, 0.1) is 5.92 Å². The zero-order chi connectivity index (χ0) is 13.8. The third-order valence-corrected chi connectivity index (χ3v) is 4.46. The maximum absolute atomic E-state index is 12.6. The van der Waals surface area contributed by atoms with E-state index in [1.54, 1.807) is 0 Å². The quantitative estimate of drug-likeness (QED) is 0.767. The van der Waals surface area contributed by atoms with Crippen molar-refractivity contribution in [1.82, 2.24) is 14.7 Å². The summed E-state index contributed by atoms with van der Waals surface area (Å²) in [6.07, 6.45) is 3.44. The molecule has 2 saturated heterocycles. The Bertz CT molecular complexity index is 298. The number of hydrogen-bond acceptors (Lipinski definition) is 3. The van der Waals surface area contributed by atoms with Crippen LogP contribution in [0.5, 0.6) is 0 Å². The third-order valence-electron chi connectivity index (χ3n) is 4.46. The lowest BCUT2D eigenvalue weighted by Gasteiger charge is -2.36. The molecule has 0 aromatic heterocycles. The van der Waals surface area contributed by atoms with Crippen molar-refractivity contribution in [2.24, 2.45) is 5.92 Å². The molecule has 19 heavy (non-hydrogen) atoms. The van der Waals surface area contributed by atoms with E-state index in [2.05, 4.69) is 35.6 Å². The minimum atomic E-state index is 0.169. The molecule has 0 spiro atoms. The van der Waals surface area contributed by atoms with Gasteiger partial charge in [-0.3, -0.25) is 9.69 Å². The predicted molar refractivity (Wildman–Crippen MR) is 78.1 cm³/mol. The molecule has 4 heteroatoms. The zero-order valence-electron chi connectivity index (χ0n) is 12.8. The normalized spacial score (nSPS) is 26.3. The van der Waals surface area contributed by atoms with Gasteiger partial charge in [0.1, 0.15) is 0 Å². The average molecular weight is 267 g/mol. The van der Waals surface area contributed by atoms with Gasteiger partial charge in [-0.15, -0.1) is 0 Å². The van der Waals surface area contributed by atoms with Crippen LogP contribution in [0.4, 0.5) is 0 Å². The minimum Gasteiger partial charge on any atom is -0.339 e. The van der Waals surface area contributed by atoms with Crippen LogP contribution in [-0.2, 0) is 4.79 Å². The topological polar surface area (TPSA) is 26.8 Å². The van der Waals surface area contributed by atoms with Gasteiger partial charge in [-0.2, -0.15) is 0 Å². The maximum atomic E-state index is 12.6. The van der Waals surface area contributed by atoms with Crippen molar-refractivity contribution in [3.8, 4) is 0 Å². The fourth-order valence-electron chi connectivity index (χ4n) is 3.04. The summed E-state index contributed by atoms with van der Waals surface area (Å²) in [6.45, 7) is 10.6. The van der Waals surface area contributed by atoms with Gasteiger partial charge in [-0.25, -0.2) is 0 Å². The summed E-state index contributed by atoms with van der Waals surface area (Å²) in [5, 5.41) is 0. The van der Waals surface area contributed by atoms with Crippen molar-refractivity contribution >= 4 is 5.91 Å². The number of carbonyl (C=O) groups excluding carboxylic acids is 1. The molecular formula is C15H29N3O. The lowest BCUT2D eigenvalue weighted by atomic mass is 10.1. The molecule has 2 aliphatic heterocycles. The number of carbonyl (C=O) groups is 1. The van der Waals surface area contributed by atoms with E-state index in [1.165, 1.54) is 12.8 Å². The van der Waals surface area contributed by atoms with Crippen molar-refractivity contribution in [1.29, 1.82) is 0 Å². The molecule has 0 radical (unpaired) electrons. The van der Waals surface area contributed by atoms with E-state index in [-0.39, 0.29) is 6.04 Å². The second-order valence-corrected chi connectivity index (χ2v) is 6.51. The van der Waals surface area contributed by atoms with Crippen molar-refractivity contribution in [3.63, 3.8) is 0 Å². The number of rotatable bonds is 4. The van der Waals surface area contributed by atoms with E-state index in [9.17, 15) is 4.79 Å². The summed E-state index contributed by atoms with van der Waals surface area (Å²) in [4.78, 5) is 19.4. The molecule has 2 fully saturated rings. The first-order chi connectivity index (χ1) is 9.08. The molecule has 0 aromatic rings. The number of likely N-dealkylation sites (tertiary alicyclic amines) is 1. The second-order valence-electron chi connectivity index (χ2n) is 6.51. The SMILES string of the molecule is CC(C)CCN1CCC[C@H]1C(=O)N1CCN(C)CC1. The van der Waals surface area contributed by atoms with Gasteiger partial charge in [0, 0.05) is 26.2 Å². The number of piperazine rings is 1. The van der Waals surface area contributed by atoms with Crippen LogP contribution in [0.3, 0.4) is 0 Å². The smallest absolute Gasteiger partial charge is 0.240 e. The summed E-state index contributed by atoms with van der Waals surface area (Å²) in [5.74, 6) is 1.11. The Hall–Kier alpha value is -0.610. The first-order valence-corrected chi connectivity index (χ1v) is 7.79. The fourth-order valence-corrected chi connectivity index (χ4v) is 3.04. The fraction of sp³-hybridized carbons (Fsp3) is 0.933. The van der Waals surface area contributed by atoms with Gasteiger partial charge < -0.3 is 9.80 Å². The highest BCUT2D eigenvalue weighted by Crippen LogP contribution is 2.21. The Morgan fingerprint density at radius 3 is 2.47 bits per heavy atom. The van der Waals surface area contributed by atoms with Gasteiger partial charge in [0.25, 0.3) is 0 Å². The molecule has 110 valence electrons.